The van der Waals surface area contributed by atoms with Crippen LogP contribution in [-0.4, -0.2) is 46.6 Å². The minimum absolute atomic E-state index is 0.112. The number of hydrogen-bond donors (Lipinski definition) is 2. The van der Waals surface area contributed by atoms with Gasteiger partial charge in [0.05, 0.1) is 25.0 Å². The molecule has 6 heteroatoms. The van der Waals surface area contributed by atoms with Gasteiger partial charge in [-0.05, 0) is 123 Å². The molecule has 2 heterocycles. The van der Waals surface area contributed by atoms with Crippen molar-refractivity contribution in [2.24, 2.45) is 11.8 Å². The van der Waals surface area contributed by atoms with Crippen LogP contribution in [0, 0.1) is 25.7 Å². The SMILES string of the molecule is Cc1ccc2c(c1)CC[C@H](C)[C@@H]2CC[C@@H]1C[C@@H](O)CC(=O)O1.Cc1ccc2c(c1CC[C@@H]1C[C@@H](O)CC(=O)O1)CC[C@@H](C)C2. The number of aliphatic hydroxyl groups excluding tert-OH is 2. The van der Waals surface area contributed by atoms with Crippen LogP contribution in [0.3, 0.4) is 0 Å². The van der Waals surface area contributed by atoms with E-state index in [4.69, 9.17) is 9.47 Å². The van der Waals surface area contributed by atoms with E-state index in [9.17, 15) is 19.8 Å². The monoisotopic (exact) mass is 604 g/mol. The van der Waals surface area contributed by atoms with Crippen molar-refractivity contribution in [3.05, 3.63) is 69.3 Å². The van der Waals surface area contributed by atoms with Gasteiger partial charge in [0.1, 0.15) is 12.2 Å². The lowest BCUT2D eigenvalue weighted by Crippen LogP contribution is -2.33. The van der Waals surface area contributed by atoms with Gasteiger partial charge in [-0.1, -0.05) is 49.7 Å². The second-order valence-electron chi connectivity index (χ2n) is 14.2. The number of aliphatic hydroxyl groups is 2. The first-order chi connectivity index (χ1) is 21.0. The Hall–Kier alpha value is -2.70. The van der Waals surface area contributed by atoms with Crippen molar-refractivity contribution in [2.75, 3.05) is 0 Å². The molecule has 7 atom stereocenters. The second-order valence-corrected chi connectivity index (χ2v) is 14.2. The van der Waals surface area contributed by atoms with Gasteiger partial charge in [-0.3, -0.25) is 9.59 Å². The van der Waals surface area contributed by atoms with E-state index < -0.39 is 12.2 Å². The highest BCUT2D eigenvalue weighted by Gasteiger charge is 2.31. The zero-order valence-corrected chi connectivity index (χ0v) is 27.1. The molecule has 240 valence electrons. The summed E-state index contributed by atoms with van der Waals surface area (Å²) < 4.78 is 10.8. The third-order valence-electron chi connectivity index (χ3n) is 10.5. The predicted octanol–water partition coefficient (Wildman–Crippen LogP) is 6.63. The van der Waals surface area contributed by atoms with Crippen molar-refractivity contribution in [3.8, 4) is 0 Å². The van der Waals surface area contributed by atoms with E-state index in [1.54, 1.807) is 0 Å². The molecule has 0 unspecified atom stereocenters. The summed E-state index contributed by atoms with van der Waals surface area (Å²) >= 11 is 0. The number of fused-ring (bicyclic) bond motifs is 2. The molecule has 2 aliphatic carbocycles. The Kier molecular flexibility index (Phi) is 10.8. The fourth-order valence-electron chi connectivity index (χ4n) is 7.97. The summed E-state index contributed by atoms with van der Waals surface area (Å²) in [4.78, 5) is 22.9. The number of carbonyl (C=O) groups is 2. The number of cyclic esters (lactones) is 2. The van der Waals surface area contributed by atoms with Crippen LogP contribution in [0.4, 0.5) is 0 Å². The van der Waals surface area contributed by atoms with Crippen LogP contribution in [0.2, 0.25) is 0 Å². The quantitative estimate of drug-likeness (QED) is 0.360. The van der Waals surface area contributed by atoms with Gasteiger partial charge < -0.3 is 19.7 Å². The first kappa shape index (κ1) is 32.7. The summed E-state index contributed by atoms with van der Waals surface area (Å²) in [5, 5.41) is 19.4. The Morgan fingerprint density at radius 2 is 1.45 bits per heavy atom. The van der Waals surface area contributed by atoms with Crippen LogP contribution in [-0.2, 0) is 44.7 Å². The second kappa shape index (κ2) is 14.6. The average molecular weight is 605 g/mol. The summed E-state index contributed by atoms with van der Waals surface area (Å²) in [6, 6.07) is 11.3. The zero-order valence-electron chi connectivity index (χ0n) is 27.1. The normalized spacial score (nSPS) is 29.8. The molecule has 0 saturated carbocycles. The largest absolute Gasteiger partial charge is 0.462 e. The van der Waals surface area contributed by atoms with Gasteiger partial charge in [-0.25, -0.2) is 0 Å². The van der Waals surface area contributed by atoms with Gasteiger partial charge in [0.25, 0.3) is 0 Å². The number of carbonyl (C=O) groups excluding carboxylic acids is 2. The predicted molar refractivity (Wildman–Crippen MR) is 172 cm³/mol. The molecule has 0 amide bonds. The fourth-order valence-corrected chi connectivity index (χ4v) is 7.97. The van der Waals surface area contributed by atoms with E-state index in [1.807, 2.05) is 0 Å². The van der Waals surface area contributed by atoms with Crippen LogP contribution in [0.15, 0.2) is 30.3 Å². The highest BCUT2D eigenvalue weighted by Crippen LogP contribution is 2.40. The molecule has 2 N–H and O–H groups in total. The van der Waals surface area contributed by atoms with Crippen LogP contribution in [0.1, 0.15) is 116 Å². The summed E-state index contributed by atoms with van der Waals surface area (Å²) in [5.74, 6) is 1.47. The minimum Gasteiger partial charge on any atom is -0.462 e. The third kappa shape index (κ3) is 8.31. The van der Waals surface area contributed by atoms with Gasteiger partial charge in [-0.2, -0.15) is 0 Å². The molecular weight excluding hydrogens is 552 g/mol. The molecule has 0 spiro atoms. The van der Waals surface area contributed by atoms with Gasteiger partial charge in [0.2, 0.25) is 0 Å². The summed E-state index contributed by atoms with van der Waals surface area (Å²) in [5.41, 5.74) is 10.1. The smallest absolute Gasteiger partial charge is 0.308 e. The molecule has 44 heavy (non-hydrogen) atoms. The number of hydrogen-bond acceptors (Lipinski definition) is 6. The highest BCUT2D eigenvalue weighted by molar-refractivity contribution is 5.71. The van der Waals surface area contributed by atoms with Gasteiger partial charge in [0, 0.05) is 12.8 Å². The van der Waals surface area contributed by atoms with E-state index in [2.05, 4.69) is 58.0 Å². The topological polar surface area (TPSA) is 93.1 Å². The van der Waals surface area contributed by atoms with Gasteiger partial charge in [0.15, 0.2) is 0 Å². The fraction of sp³-hybridized carbons (Fsp3) is 0.632. The number of ether oxygens (including phenoxy) is 2. The highest BCUT2D eigenvalue weighted by atomic mass is 16.6. The average Bonchev–Trinajstić information content (AvgIpc) is 2.95. The van der Waals surface area contributed by atoms with Crippen LogP contribution < -0.4 is 0 Å². The van der Waals surface area contributed by atoms with Crippen LogP contribution in [0.25, 0.3) is 0 Å². The molecule has 0 bridgehead atoms. The number of aryl methyl sites for hydroxylation is 3. The lowest BCUT2D eigenvalue weighted by Gasteiger charge is -2.33. The molecule has 0 aromatic heterocycles. The van der Waals surface area contributed by atoms with Crippen molar-refractivity contribution in [1.82, 2.24) is 0 Å². The molecule has 2 aromatic rings. The third-order valence-corrected chi connectivity index (χ3v) is 10.5. The van der Waals surface area contributed by atoms with Crippen molar-refractivity contribution < 1.29 is 29.3 Å². The molecule has 6 nitrogen and oxygen atoms in total. The lowest BCUT2D eigenvalue weighted by atomic mass is 9.73. The maximum Gasteiger partial charge on any atom is 0.308 e. The molecule has 4 aliphatic rings. The molecule has 2 aromatic carbocycles. The van der Waals surface area contributed by atoms with Crippen LogP contribution in [0.5, 0.6) is 0 Å². The Morgan fingerprint density at radius 1 is 0.773 bits per heavy atom. The maximum absolute atomic E-state index is 11.5. The van der Waals surface area contributed by atoms with E-state index in [0.717, 1.165) is 31.6 Å². The van der Waals surface area contributed by atoms with E-state index in [0.29, 0.717) is 24.7 Å². The van der Waals surface area contributed by atoms with Gasteiger partial charge >= 0.3 is 11.9 Å². The lowest BCUT2D eigenvalue weighted by molar-refractivity contribution is -0.161. The van der Waals surface area contributed by atoms with Crippen molar-refractivity contribution in [1.29, 1.82) is 0 Å². The first-order valence-electron chi connectivity index (χ1n) is 17.0. The minimum atomic E-state index is -0.530. The zero-order chi connectivity index (χ0) is 31.4. The Bertz CT molecular complexity index is 1320. The first-order valence-corrected chi connectivity index (χ1v) is 17.0. The molecule has 6 rings (SSSR count). The number of benzene rings is 2. The molecule has 2 fully saturated rings. The number of rotatable bonds is 6. The Balaban J connectivity index is 0.000000175. The number of esters is 2. The Morgan fingerprint density at radius 3 is 2.14 bits per heavy atom. The summed E-state index contributed by atoms with van der Waals surface area (Å²) in [7, 11) is 0. The molecular formula is C38H52O6. The standard InChI is InChI=1S/2C19H26O3/c2*1-12-3-7-18-14(9-12)5-4-13(2)17(18)8-6-16-10-15(20)11-19(21)22-16/h4-5,12,15-16,20H,3,6-11H2,1-2H3;3,7,9,13,15-17,20H,4-6,8,10-11H2,1-2H3/t12-,15-,16-;13-,15+,16+,17-/m10/s1. The maximum atomic E-state index is 11.5. The van der Waals surface area contributed by atoms with E-state index in [1.165, 1.54) is 71.0 Å². The van der Waals surface area contributed by atoms with Crippen molar-refractivity contribution >= 4 is 11.9 Å². The van der Waals surface area contributed by atoms with Crippen LogP contribution >= 0.6 is 0 Å². The molecule has 0 radical (unpaired) electrons. The Labute approximate surface area is 263 Å². The van der Waals surface area contributed by atoms with E-state index in [-0.39, 0.29) is 37.0 Å². The molecule has 2 saturated heterocycles. The molecule has 2 aliphatic heterocycles. The van der Waals surface area contributed by atoms with Gasteiger partial charge in [-0.15, -0.1) is 0 Å². The van der Waals surface area contributed by atoms with Crippen molar-refractivity contribution in [2.45, 2.75) is 141 Å². The van der Waals surface area contributed by atoms with Crippen molar-refractivity contribution in [3.63, 3.8) is 0 Å². The summed E-state index contributed by atoms with van der Waals surface area (Å²) in [6.45, 7) is 8.98. The van der Waals surface area contributed by atoms with E-state index >= 15 is 0 Å². The summed E-state index contributed by atoms with van der Waals surface area (Å²) in [6.07, 6.45) is 9.82.